The molecular weight excluding hydrogens is 188 g/mol. The lowest BCUT2D eigenvalue weighted by molar-refractivity contribution is -0.134. The van der Waals surface area contributed by atoms with Crippen LogP contribution in [-0.4, -0.2) is 30.4 Å². The number of hydrogen-bond donors (Lipinski definition) is 1. The molecule has 0 spiro atoms. The lowest BCUT2D eigenvalue weighted by Crippen LogP contribution is -2.48. The molecule has 3 nitrogen and oxygen atoms in total. The molecule has 1 fully saturated rings. The summed E-state index contributed by atoms with van der Waals surface area (Å²) in [6, 6.07) is 10.3. The molecule has 1 aromatic rings. The van der Waals surface area contributed by atoms with Crippen molar-refractivity contribution in [1.29, 1.82) is 0 Å². The Morgan fingerprint density at radius 1 is 1.33 bits per heavy atom. The lowest BCUT2D eigenvalue weighted by atomic mass is 10.1. The molecule has 1 aliphatic rings. The smallest absolute Gasteiger partial charge is 0.237 e. The average Bonchev–Trinajstić information content (AvgIpc) is 2.30. The quantitative estimate of drug-likeness (QED) is 0.784. The molecule has 1 atom stereocenters. The van der Waals surface area contributed by atoms with Crippen molar-refractivity contribution in [3.05, 3.63) is 35.9 Å². The van der Waals surface area contributed by atoms with Crippen molar-refractivity contribution >= 4 is 5.91 Å². The molecule has 0 aromatic heterocycles. The zero-order valence-corrected chi connectivity index (χ0v) is 8.94. The fourth-order valence-electron chi connectivity index (χ4n) is 1.94. The van der Waals surface area contributed by atoms with Crippen molar-refractivity contribution in [3.8, 4) is 0 Å². The van der Waals surface area contributed by atoms with Crippen molar-refractivity contribution in [2.24, 2.45) is 0 Å². The Morgan fingerprint density at radius 3 is 2.73 bits per heavy atom. The van der Waals surface area contributed by atoms with Gasteiger partial charge in [0.1, 0.15) is 0 Å². The highest BCUT2D eigenvalue weighted by Gasteiger charge is 2.23. The van der Waals surface area contributed by atoms with Crippen LogP contribution in [0.5, 0.6) is 0 Å². The summed E-state index contributed by atoms with van der Waals surface area (Å²) in [7, 11) is 0. The highest BCUT2D eigenvalue weighted by Crippen LogP contribution is 2.20. The Labute approximate surface area is 90.1 Å². The molecule has 0 unspecified atom stereocenters. The van der Waals surface area contributed by atoms with E-state index in [0.29, 0.717) is 6.54 Å². The van der Waals surface area contributed by atoms with Gasteiger partial charge < -0.3 is 10.2 Å². The number of nitrogens with one attached hydrogen (secondary N) is 1. The van der Waals surface area contributed by atoms with E-state index in [-0.39, 0.29) is 11.9 Å². The molecule has 15 heavy (non-hydrogen) atoms. The predicted molar refractivity (Wildman–Crippen MR) is 59.4 cm³/mol. The van der Waals surface area contributed by atoms with Gasteiger partial charge in [-0.25, -0.2) is 0 Å². The number of amides is 1. The normalized spacial score (nSPS) is 19.0. The van der Waals surface area contributed by atoms with E-state index in [2.05, 4.69) is 24.4 Å². The minimum atomic E-state index is 0.181. The van der Waals surface area contributed by atoms with E-state index < -0.39 is 0 Å². The number of carbonyl (C=O) groups excluding carboxylic acids is 1. The van der Waals surface area contributed by atoms with Crippen LogP contribution in [-0.2, 0) is 4.79 Å². The van der Waals surface area contributed by atoms with Gasteiger partial charge in [-0.05, 0) is 12.5 Å². The molecule has 0 aliphatic carbocycles. The average molecular weight is 204 g/mol. The van der Waals surface area contributed by atoms with Gasteiger partial charge in [0, 0.05) is 13.1 Å². The van der Waals surface area contributed by atoms with Gasteiger partial charge in [-0.15, -0.1) is 0 Å². The SMILES string of the molecule is C[C@@H](c1ccccc1)N1CCNCC1=O. The molecule has 1 N–H and O–H groups in total. The molecular formula is C12H16N2O. The van der Waals surface area contributed by atoms with Gasteiger partial charge in [0.25, 0.3) is 0 Å². The zero-order chi connectivity index (χ0) is 10.7. The van der Waals surface area contributed by atoms with Crippen LogP contribution in [0.4, 0.5) is 0 Å². The van der Waals surface area contributed by atoms with Crippen LogP contribution in [0.1, 0.15) is 18.5 Å². The summed E-state index contributed by atoms with van der Waals surface area (Å²) < 4.78 is 0. The van der Waals surface area contributed by atoms with E-state index in [1.54, 1.807) is 0 Å². The molecule has 1 amide bonds. The highest BCUT2D eigenvalue weighted by atomic mass is 16.2. The van der Waals surface area contributed by atoms with Crippen LogP contribution in [0, 0.1) is 0 Å². The van der Waals surface area contributed by atoms with Crippen molar-refractivity contribution in [2.75, 3.05) is 19.6 Å². The van der Waals surface area contributed by atoms with Crippen LogP contribution in [0.3, 0.4) is 0 Å². The summed E-state index contributed by atoms with van der Waals surface area (Å²) >= 11 is 0. The number of piperazine rings is 1. The second-order valence-electron chi connectivity index (χ2n) is 3.85. The largest absolute Gasteiger partial charge is 0.334 e. The van der Waals surface area contributed by atoms with Crippen molar-refractivity contribution in [3.63, 3.8) is 0 Å². The number of rotatable bonds is 2. The Kier molecular flexibility index (Phi) is 3.02. The van der Waals surface area contributed by atoms with Crippen molar-refractivity contribution < 1.29 is 4.79 Å². The maximum absolute atomic E-state index is 11.7. The molecule has 0 saturated carbocycles. The maximum Gasteiger partial charge on any atom is 0.237 e. The Morgan fingerprint density at radius 2 is 2.07 bits per heavy atom. The summed E-state index contributed by atoms with van der Waals surface area (Å²) in [5.41, 5.74) is 1.20. The topological polar surface area (TPSA) is 32.3 Å². The Balaban J connectivity index is 2.13. The van der Waals surface area contributed by atoms with Crippen LogP contribution in [0.2, 0.25) is 0 Å². The van der Waals surface area contributed by atoms with Crippen LogP contribution in [0.25, 0.3) is 0 Å². The van der Waals surface area contributed by atoms with E-state index >= 15 is 0 Å². The van der Waals surface area contributed by atoms with Gasteiger partial charge in [-0.3, -0.25) is 4.79 Å². The standard InChI is InChI=1S/C12H16N2O/c1-10(11-5-3-2-4-6-11)14-8-7-13-9-12(14)15/h2-6,10,13H,7-9H2,1H3/t10-/m0/s1. The predicted octanol–water partition coefficient (Wildman–Crippen LogP) is 1.18. The second kappa shape index (κ2) is 4.45. The van der Waals surface area contributed by atoms with E-state index in [4.69, 9.17) is 0 Å². The molecule has 2 rings (SSSR count). The lowest BCUT2D eigenvalue weighted by Gasteiger charge is -2.33. The third-order valence-corrected chi connectivity index (χ3v) is 2.88. The summed E-state index contributed by atoms with van der Waals surface area (Å²) in [4.78, 5) is 13.6. The van der Waals surface area contributed by atoms with Crippen molar-refractivity contribution in [1.82, 2.24) is 10.2 Å². The van der Waals surface area contributed by atoms with E-state index in [9.17, 15) is 4.79 Å². The monoisotopic (exact) mass is 204 g/mol. The first-order valence-corrected chi connectivity index (χ1v) is 5.34. The van der Waals surface area contributed by atoms with Crippen LogP contribution < -0.4 is 5.32 Å². The highest BCUT2D eigenvalue weighted by molar-refractivity contribution is 5.79. The molecule has 0 bridgehead atoms. The van der Waals surface area contributed by atoms with Gasteiger partial charge >= 0.3 is 0 Å². The summed E-state index contributed by atoms with van der Waals surface area (Å²) in [5, 5.41) is 3.08. The molecule has 1 aliphatic heterocycles. The maximum atomic E-state index is 11.7. The Bertz CT molecular complexity index is 337. The van der Waals surface area contributed by atoms with Gasteiger partial charge in [-0.1, -0.05) is 30.3 Å². The molecule has 1 saturated heterocycles. The number of carbonyl (C=O) groups is 1. The number of hydrogen-bond acceptors (Lipinski definition) is 2. The van der Waals surface area contributed by atoms with Crippen LogP contribution >= 0.6 is 0 Å². The van der Waals surface area contributed by atoms with E-state index in [1.807, 2.05) is 23.1 Å². The summed E-state index contributed by atoms with van der Waals surface area (Å²) in [6.07, 6.45) is 0. The number of benzene rings is 1. The first-order chi connectivity index (χ1) is 7.29. The molecule has 3 heteroatoms. The fourth-order valence-corrected chi connectivity index (χ4v) is 1.94. The number of nitrogens with zero attached hydrogens (tertiary/aromatic N) is 1. The third-order valence-electron chi connectivity index (χ3n) is 2.88. The summed E-state index contributed by atoms with van der Waals surface area (Å²) in [5.74, 6) is 0.192. The van der Waals surface area contributed by atoms with Crippen molar-refractivity contribution in [2.45, 2.75) is 13.0 Å². The molecule has 0 radical (unpaired) electrons. The summed E-state index contributed by atoms with van der Waals surface area (Å²) in [6.45, 7) is 4.24. The zero-order valence-electron chi connectivity index (χ0n) is 8.94. The van der Waals surface area contributed by atoms with Gasteiger partial charge in [0.2, 0.25) is 5.91 Å². The van der Waals surface area contributed by atoms with Gasteiger partial charge in [0.05, 0.1) is 12.6 Å². The Hall–Kier alpha value is -1.35. The van der Waals surface area contributed by atoms with Gasteiger partial charge in [-0.2, -0.15) is 0 Å². The molecule has 1 aromatic carbocycles. The third kappa shape index (κ3) is 2.18. The minimum absolute atomic E-state index is 0.181. The van der Waals surface area contributed by atoms with Crippen LogP contribution in [0.15, 0.2) is 30.3 Å². The van der Waals surface area contributed by atoms with Gasteiger partial charge in [0.15, 0.2) is 0 Å². The van der Waals surface area contributed by atoms with E-state index in [0.717, 1.165) is 13.1 Å². The molecule has 1 heterocycles. The first-order valence-electron chi connectivity index (χ1n) is 5.34. The van der Waals surface area contributed by atoms with E-state index in [1.165, 1.54) is 5.56 Å². The fraction of sp³-hybridized carbons (Fsp3) is 0.417. The molecule has 80 valence electrons. The minimum Gasteiger partial charge on any atom is -0.334 e. The first kappa shape index (κ1) is 10.2. The second-order valence-corrected chi connectivity index (χ2v) is 3.85.